The minimum atomic E-state index is -0.124. The van der Waals surface area contributed by atoms with Crippen LogP contribution in [0.25, 0.3) is 0 Å². The Labute approximate surface area is 141 Å². The molecule has 3 nitrogen and oxygen atoms in total. The minimum absolute atomic E-state index is 0.124. The van der Waals surface area contributed by atoms with Crippen molar-refractivity contribution in [2.45, 2.75) is 6.42 Å². The topological polar surface area (TPSA) is 55.1 Å². The number of halogens is 2. The van der Waals surface area contributed by atoms with Gasteiger partial charge in [-0.15, -0.1) is 0 Å². The lowest BCUT2D eigenvalue weighted by Crippen LogP contribution is -2.15. The average molecular weight is 384 g/mol. The number of carbonyl (C=O) groups excluding carboxylic acids is 1. The molecule has 0 unspecified atom stereocenters. The smallest absolute Gasteiger partial charge is 0.228 e. The summed E-state index contributed by atoms with van der Waals surface area (Å²) >= 11 is 14.2. The molecule has 0 saturated carbocycles. The minimum Gasteiger partial charge on any atom is -0.389 e. The van der Waals surface area contributed by atoms with E-state index in [1.165, 1.54) is 0 Å². The maximum absolute atomic E-state index is 12.0. The van der Waals surface area contributed by atoms with Gasteiger partial charge in [-0.1, -0.05) is 36.0 Å². The molecule has 0 aromatic heterocycles. The van der Waals surface area contributed by atoms with Crippen molar-refractivity contribution in [1.82, 2.24) is 0 Å². The van der Waals surface area contributed by atoms with E-state index in [4.69, 9.17) is 29.6 Å². The van der Waals surface area contributed by atoms with Gasteiger partial charge in [-0.05, 0) is 51.8 Å². The van der Waals surface area contributed by atoms with Crippen molar-refractivity contribution >= 4 is 56.3 Å². The number of hydrogen-bond donors (Lipinski definition) is 2. The zero-order chi connectivity index (χ0) is 15.4. The summed E-state index contributed by atoms with van der Waals surface area (Å²) in [7, 11) is 0. The van der Waals surface area contributed by atoms with E-state index in [9.17, 15) is 4.79 Å². The summed E-state index contributed by atoms with van der Waals surface area (Å²) in [6, 6.07) is 12.5. The van der Waals surface area contributed by atoms with Crippen LogP contribution in [0.5, 0.6) is 0 Å². The number of carbonyl (C=O) groups is 1. The van der Waals surface area contributed by atoms with Gasteiger partial charge in [-0.2, -0.15) is 0 Å². The van der Waals surface area contributed by atoms with Crippen molar-refractivity contribution in [2.24, 2.45) is 5.73 Å². The van der Waals surface area contributed by atoms with Crippen LogP contribution in [0.4, 0.5) is 5.69 Å². The third-order valence-corrected chi connectivity index (χ3v) is 3.91. The Morgan fingerprint density at radius 2 is 2.05 bits per heavy atom. The first-order valence-corrected chi connectivity index (χ1v) is 7.67. The van der Waals surface area contributed by atoms with Crippen LogP contribution < -0.4 is 11.1 Å². The number of nitrogens with one attached hydrogen (secondary N) is 1. The van der Waals surface area contributed by atoms with Gasteiger partial charge in [0, 0.05) is 15.1 Å². The van der Waals surface area contributed by atoms with Gasteiger partial charge in [0.2, 0.25) is 5.91 Å². The Bertz CT molecular complexity index is 706. The van der Waals surface area contributed by atoms with Gasteiger partial charge in [0.25, 0.3) is 0 Å². The average Bonchev–Trinajstić information content (AvgIpc) is 2.40. The Hall–Kier alpha value is -1.43. The van der Waals surface area contributed by atoms with Gasteiger partial charge >= 0.3 is 0 Å². The lowest BCUT2D eigenvalue weighted by atomic mass is 10.1. The van der Waals surface area contributed by atoms with Crippen molar-refractivity contribution in [3.63, 3.8) is 0 Å². The largest absolute Gasteiger partial charge is 0.389 e. The highest BCUT2D eigenvalue weighted by atomic mass is 79.9. The fourth-order valence-electron chi connectivity index (χ4n) is 1.80. The molecular formula is C15H12BrClN2OS. The number of amides is 1. The van der Waals surface area contributed by atoms with Crippen LogP contribution in [-0.4, -0.2) is 10.9 Å². The van der Waals surface area contributed by atoms with Gasteiger partial charge in [0.05, 0.1) is 12.1 Å². The molecule has 108 valence electrons. The molecule has 0 aliphatic carbocycles. The highest BCUT2D eigenvalue weighted by molar-refractivity contribution is 9.10. The molecule has 0 saturated heterocycles. The van der Waals surface area contributed by atoms with E-state index in [0.29, 0.717) is 15.7 Å². The van der Waals surface area contributed by atoms with Crippen LogP contribution in [0, 0.1) is 0 Å². The highest BCUT2D eigenvalue weighted by Gasteiger charge is 2.08. The molecule has 0 radical (unpaired) electrons. The molecule has 1 amide bonds. The van der Waals surface area contributed by atoms with E-state index < -0.39 is 0 Å². The molecule has 0 heterocycles. The van der Waals surface area contributed by atoms with E-state index in [1.54, 1.807) is 30.3 Å². The first kappa shape index (κ1) is 15.9. The number of benzene rings is 2. The van der Waals surface area contributed by atoms with E-state index in [0.717, 1.165) is 15.6 Å². The summed E-state index contributed by atoms with van der Waals surface area (Å²) in [5.41, 5.74) is 7.83. The van der Waals surface area contributed by atoms with Crippen LogP contribution in [0.3, 0.4) is 0 Å². The SMILES string of the molecule is NC(=S)c1ccc(NC(=O)Cc2cccc(Cl)c2)c(Br)c1. The quantitative estimate of drug-likeness (QED) is 0.787. The molecule has 2 aromatic rings. The second kappa shape index (κ2) is 7.02. The third kappa shape index (κ3) is 4.52. The van der Waals surface area contributed by atoms with Crippen LogP contribution >= 0.6 is 39.7 Å². The number of rotatable bonds is 4. The molecular weight excluding hydrogens is 372 g/mol. The summed E-state index contributed by atoms with van der Waals surface area (Å²) in [6.07, 6.45) is 0.254. The maximum Gasteiger partial charge on any atom is 0.228 e. The number of hydrogen-bond acceptors (Lipinski definition) is 2. The fourth-order valence-corrected chi connectivity index (χ4v) is 2.61. The van der Waals surface area contributed by atoms with Gasteiger partial charge in [-0.25, -0.2) is 0 Å². The predicted octanol–water partition coefficient (Wildman–Crippen LogP) is 3.92. The standard InChI is InChI=1S/C15H12BrClN2OS/c16-12-8-10(15(18)21)4-5-13(12)19-14(20)7-9-2-1-3-11(17)6-9/h1-6,8H,7H2,(H2,18,21)(H,19,20). The molecule has 2 rings (SSSR count). The van der Waals surface area contributed by atoms with E-state index in [1.807, 2.05) is 12.1 Å². The molecule has 0 aliphatic rings. The van der Waals surface area contributed by atoms with Crippen LogP contribution in [0.1, 0.15) is 11.1 Å². The molecule has 0 aliphatic heterocycles. The van der Waals surface area contributed by atoms with Gasteiger partial charge < -0.3 is 11.1 Å². The normalized spacial score (nSPS) is 10.2. The molecule has 0 atom stereocenters. The number of nitrogens with two attached hydrogens (primary N) is 1. The zero-order valence-electron chi connectivity index (χ0n) is 10.9. The summed E-state index contributed by atoms with van der Waals surface area (Å²) in [5, 5.41) is 3.44. The first-order valence-electron chi connectivity index (χ1n) is 6.09. The molecule has 2 aromatic carbocycles. The fraction of sp³-hybridized carbons (Fsp3) is 0.0667. The van der Waals surface area contributed by atoms with Crippen LogP contribution in [-0.2, 0) is 11.2 Å². The van der Waals surface area contributed by atoms with E-state index in [-0.39, 0.29) is 12.3 Å². The molecule has 0 fully saturated rings. The summed E-state index contributed by atoms with van der Waals surface area (Å²) in [6.45, 7) is 0. The zero-order valence-corrected chi connectivity index (χ0v) is 14.1. The van der Waals surface area contributed by atoms with Crippen molar-refractivity contribution in [3.8, 4) is 0 Å². The Morgan fingerprint density at radius 1 is 1.29 bits per heavy atom. The molecule has 0 bridgehead atoms. The molecule has 6 heteroatoms. The second-order valence-corrected chi connectivity index (χ2v) is 6.14. The van der Waals surface area contributed by atoms with Gasteiger partial charge in [-0.3, -0.25) is 4.79 Å². The Kier molecular flexibility index (Phi) is 5.33. The van der Waals surface area contributed by atoms with E-state index in [2.05, 4.69) is 21.2 Å². The van der Waals surface area contributed by atoms with Crippen molar-refractivity contribution in [1.29, 1.82) is 0 Å². The summed E-state index contributed by atoms with van der Waals surface area (Å²) < 4.78 is 0.729. The number of thiocarbonyl (C=S) groups is 1. The predicted molar refractivity (Wildman–Crippen MR) is 93.8 cm³/mol. The van der Waals surface area contributed by atoms with Crippen molar-refractivity contribution < 1.29 is 4.79 Å². The monoisotopic (exact) mass is 382 g/mol. The lowest BCUT2D eigenvalue weighted by molar-refractivity contribution is -0.115. The van der Waals surface area contributed by atoms with Crippen LogP contribution in [0.2, 0.25) is 5.02 Å². The third-order valence-electron chi connectivity index (χ3n) is 2.78. The molecule has 0 spiro atoms. The summed E-state index contributed by atoms with van der Waals surface area (Å²) in [4.78, 5) is 12.4. The van der Waals surface area contributed by atoms with E-state index >= 15 is 0 Å². The lowest BCUT2D eigenvalue weighted by Gasteiger charge is -2.09. The van der Waals surface area contributed by atoms with Crippen molar-refractivity contribution in [3.05, 3.63) is 63.1 Å². The maximum atomic E-state index is 12.0. The highest BCUT2D eigenvalue weighted by Crippen LogP contribution is 2.24. The second-order valence-electron chi connectivity index (χ2n) is 4.41. The Balaban J connectivity index is 2.08. The van der Waals surface area contributed by atoms with Gasteiger partial charge in [0.1, 0.15) is 4.99 Å². The Morgan fingerprint density at radius 3 is 2.67 bits per heavy atom. The van der Waals surface area contributed by atoms with Crippen LogP contribution in [0.15, 0.2) is 46.9 Å². The van der Waals surface area contributed by atoms with Gasteiger partial charge in [0.15, 0.2) is 0 Å². The van der Waals surface area contributed by atoms with Crippen molar-refractivity contribution in [2.75, 3.05) is 5.32 Å². The molecule has 3 N–H and O–H groups in total. The number of anilines is 1. The summed E-state index contributed by atoms with van der Waals surface area (Å²) in [5.74, 6) is -0.124. The first-order chi connectivity index (χ1) is 9.95. The molecule has 21 heavy (non-hydrogen) atoms.